The van der Waals surface area contributed by atoms with Gasteiger partial charge in [0.05, 0.1) is 0 Å². The molecule has 0 saturated heterocycles. The lowest BCUT2D eigenvalue weighted by molar-refractivity contribution is 0.897. The second kappa shape index (κ2) is 6.68. The third-order valence-electron chi connectivity index (χ3n) is 2.93. The van der Waals surface area contributed by atoms with Crippen LogP contribution in [0.25, 0.3) is 0 Å². The second-order valence-corrected chi connectivity index (χ2v) is 4.37. The van der Waals surface area contributed by atoms with Gasteiger partial charge in [-0.25, -0.2) is 9.97 Å². The molecule has 0 spiro atoms. The van der Waals surface area contributed by atoms with Crippen molar-refractivity contribution < 1.29 is 0 Å². The van der Waals surface area contributed by atoms with E-state index in [0.717, 1.165) is 37.2 Å². The third kappa shape index (κ3) is 3.64. The number of nitrogens with two attached hydrogens (primary N) is 1. The monoisotopic (exact) mass is 257 g/mol. The third-order valence-corrected chi connectivity index (χ3v) is 2.93. The van der Waals surface area contributed by atoms with Crippen LogP contribution in [0.2, 0.25) is 0 Å². The summed E-state index contributed by atoms with van der Waals surface area (Å²) in [7, 11) is 0. The Bertz CT molecular complexity index is 512. The van der Waals surface area contributed by atoms with Crippen LogP contribution in [0.1, 0.15) is 24.5 Å². The SMILES string of the molecule is CCCc1c(N)ncnc1NCCc1ccncc1. The number of hydrogen-bond acceptors (Lipinski definition) is 5. The quantitative estimate of drug-likeness (QED) is 0.828. The molecule has 0 bridgehead atoms. The summed E-state index contributed by atoms with van der Waals surface area (Å²) in [4.78, 5) is 12.3. The van der Waals surface area contributed by atoms with Crippen LogP contribution in [-0.4, -0.2) is 21.5 Å². The van der Waals surface area contributed by atoms with E-state index in [4.69, 9.17) is 5.73 Å². The largest absolute Gasteiger partial charge is 0.383 e. The first-order chi connectivity index (χ1) is 9.31. The molecule has 2 rings (SSSR count). The molecule has 0 amide bonds. The van der Waals surface area contributed by atoms with Crippen molar-refractivity contribution in [1.82, 2.24) is 15.0 Å². The molecule has 0 atom stereocenters. The molecule has 100 valence electrons. The van der Waals surface area contributed by atoms with E-state index in [1.807, 2.05) is 12.1 Å². The molecule has 0 saturated carbocycles. The Kier molecular flexibility index (Phi) is 4.66. The second-order valence-electron chi connectivity index (χ2n) is 4.37. The molecule has 2 aromatic heterocycles. The van der Waals surface area contributed by atoms with Crippen LogP contribution in [0.15, 0.2) is 30.9 Å². The van der Waals surface area contributed by atoms with Crippen molar-refractivity contribution in [2.45, 2.75) is 26.2 Å². The molecule has 5 heteroatoms. The fourth-order valence-corrected chi connectivity index (χ4v) is 1.95. The number of anilines is 2. The van der Waals surface area contributed by atoms with Gasteiger partial charge in [0.25, 0.3) is 0 Å². The first-order valence-corrected chi connectivity index (χ1v) is 6.53. The van der Waals surface area contributed by atoms with Crippen LogP contribution in [0.4, 0.5) is 11.6 Å². The lowest BCUT2D eigenvalue weighted by atomic mass is 10.1. The molecular formula is C14H19N5. The van der Waals surface area contributed by atoms with E-state index in [1.165, 1.54) is 11.9 Å². The summed E-state index contributed by atoms with van der Waals surface area (Å²) in [6, 6.07) is 4.03. The molecule has 0 aliphatic carbocycles. The van der Waals surface area contributed by atoms with E-state index in [1.54, 1.807) is 12.4 Å². The summed E-state index contributed by atoms with van der Waals surface area (Å²) >= 11 is 0. The van der Waals surface area contributed by atoms with E-state index in [9.17, 15) is 0 Å². The van der Waals surface area contributed by atoms with Gasteiger partial charge in [-0.2, -0.15) is 0 Å². The maximum Gasteiger partial charge on any atom is 0.134 e. The highest BCUT2D eigenvalue weighted by molar-refractivity contribution is 5.55. The fourth-order valence-electron chi connectivity index (χ4n) is 1.95. The molecule has 0 radical (unpaired) electrons. The van der Waals surface area contributed by atoms with Crippen LogP contribution in [0.5, 0.6) is 0 Å². The minimum atomic E-state index is 0.572. The van der Waals surface area contributed by atoms with Crippen molar-refractivity contribution in [2.24, 2.45) is 0 Å². The van der Waals surface area contributed by atoms with Crippen molar-refractivity contribution in [3.05, 3.63) is 42.0 Å². The highest BCUT2D eigenvalue weighted by atomic mass is 15.0. The first-order valence-electron chi connectivity index (χ1n) is 6.53. The number of aromatic nitrogens is 3. The lowest BCUT2D eigenvalue weighted by Gasteiger charge is -2.11. The van der Waals surface area contributed by atoms with Gasteiger partial charge in [0.1, 0.15) is 18.0 Å². The zero-order valence-electron chi connectivity index (χ0n) is 11.1. The maximum atomic E-state index is 5.89. The van der Waals surface area contributed by atoms with E-state index >= 15 is 0 Å². The number of nitrogens with zero attached hydrogens (tertiary/aromatic N) is 3. The van der Waals surface area contributed by atoms with Gasteiger partial charge in [0.15, 0.2) is 0 Å². The Morgan fingerprint density at radius 1 is 1.16 bits per heavy atom. The van der Waals surface area contributed by atoms with Gasteiger partial charge in [0, 0.05) is 24.5 Å². The van der Waals surface area contributed by atoms with Gasteiger partial charge in [-0.3, -0.25) is 4.98 Å². The zero-order chi connectivity index (χ0) is 13.5. The number of nitrogen functional groups attached to an aromatic ring is 1. The predicted octanol–water partition coefficient (Wildman–Crippen LogP) is 2.06. The van der Waals surface area contributed by atoms with E-state index in [2.05, 4.69) is 27.2 Å². The molecule has 0 aliphatic heterocycles. The Labute approximate surface area is 113 Å². The smallest absolute Gasteiger partial charge is 0.134 e. The molecule has 0 unspecified atom stereocenters. The van der Waals surface area contributed by atoms with Crippen LogP contribution in [-0.2, 0) is 12.8 Å². The van der Waals surface area contributed by atoms with Crippen molar-refractivity contribution >= 4 is 11.6 Å². The maximum absolute atomic E-state index is 5.89. The molecule has 0 aliphatic rings. The first kappa shape index (κ1) is 13.3. The Hall–Kier alpha value is -2.17. The summed E-state index contributed by atoms with van der Waals surface area (Å²) < 4.78 is 0. The van der Waals surface area contributed by atoms with Gasteiger partial charge in [-0.15, -0.1) is 0 Å². The van der Waals surface area contributed by atoms with Gasteiger partial charge < -0.3 is 11.1 Å². The topological polar surface area (TPSA) is 76.7 Å². The average Bonchev–Trinajstić information content (AvgIpc) is 2.44. The minimum absolute atomic E-state index is 0.572. The number of nitrogens with one attached hydrogen (secondary N) is 1. The zero-order valence-corrected chi connectivity index (χ0v) is 11.1. The fraction of sp³-hybridized carbons (Fsp3) is 0.357. The van der Waals surface area contributed by atoms with Crippen LogP contribution < -0.4 is 11.1 Å². The van der Waals surface area contributed by atoms with E-state index in [0.29, 0.717) is 5.82 Å². The van der Waals surface area contributed by atoms with E-state index < -0.39 is 0 Å². The number of hydrogen-bond donors (Lipinski definition) is 2. The van der Waals surface area contributed by atoms with Crippen LogP contribution in [0.3, 0.4) is 0 Å². The van der Waals surface area contributed by atoms with Crippen LogP contribution in [0, 0.1) is 0 Å². The summed E-state index contributed by atoms with van der Waals surface area (Å²) in [5.74, 6) is 1.42. The van der Waals surface area contributed by atoms with Gasteiger partial charge in [-0.05, 0) is 30.5 Å². The average molecular weight is 257 g/mol. The summed E-state index contributed by atoms with van der Waals surface area (Å²) in [5, 5.41) is 3.34. The highest BCUT2D eigenvalue weighted by Crippen LogP contribution is 2.18. The van der Waals surface area contributed by atoms with Gasteiger partial charge in [-0.1, -0.05) is 13.3 Å². The Balaban J connectivity index is 1.97. The standard InChI is InChI=1S/C14H19N5/c1-2-3-12-13(15)18-10-19-14(12)17-9-6-11-4-7-16-8-5-11/h4-5,7-8,10H,2-3,6,9H2,1H3,(H3,15,17,18,19). The van der Waals surface area contributed by atoms with Crippen molar-refractivity contribution in [2.75, 3.05) is 17.6 Å². The molecular weight excluding hydrogens is 238 g/mol. The van der Waals surface area contributed by atoms with Crippen molar-refractivity contribution in [3.8, 4) is 0 Å². The summed E-state index contributed by atoms with van der Waals surface area (Å²) in [6.45, 7) is 2.93. The highest BCUT2D eigenvalue weighted by Gasteiger charge is 2.07. The number of pyridine rings is 1. The predicted molar refractivity (Wildman–Crippen MR) is 76.9 cm³/mol. The Morgan fingerprint density at radius 3 is 2.68 bits per heavy atom. The molecule has 0 fully saturated rings. The van der Waals surface area contributed by atoms with Gasteiger partial charge >= 0.3 is 0 Å². The molecule has 3 N–H and O–H groups in total. The summed E-state index contributed by atoms with van der Waals surface area (Å²) in [6.07, 6.45) is 7.96. The van der Waals surface area contributed by atoms with Crippen molar-refractivity contribution in [3.63, 3.8) is 0 Å². The van der Waals surface area contributed by atoms with E-state index in [-0.39, 0.29) is 0 Å². The molecule has 0 aromatic carbocycles. The Morgan fingerprint density at radius 2 is 1.95 bits per heavy atom. The molecule has 2 heterocycles. The molecule has 19 heavy (non-hydrogen) atoms. The lowest BCUT2D eigenvalue weighted by Crippen LogP contribution is -2.11. The molecule has 2 aromatic rings. The van der Waals surface area contributed by atoms with Crippen molar-refractivity contribution in [1.29, 1.82) is 0 Å². The summed E-state index contributed by atoms with van der Waals surface area (Å²) in [5.41, 5.74) is 8.16. The minimum Gasteiger partial charge on any atom is -0.383 e. The normalized spacial score (nSPS) is 10.4. The van der Waals surface area contributed by atoms with Crippen LogP contribution >= 0.6 is 0 Å². The number of rotatable bonds is 6. The molecule has 5 nitrogen and oxygen atoms in total. The van der Waals surface area contributed by atoms with Gasteiger partial charge in [0.2, 0.25) is 0 Å².